The number of benzene rings is 2. The molecule has 8 nitrogen and oxygen atoms in total. The normalized spacial score (nSPS) is 15.9. The lowest BCUT2D eigenvalue weighted by Gasteiger charge is -2.18. The Hall–Kier alpha value is -3.94. The van der Waals surface area contributed by atoms with Crippen molar-refractivity contribution in [3.05, 3.63) is 64.4 Å². The summed E-state index contributed by atoms with van der Waals surface area (Å²) in [6.45, 7) is 2.29. The molecule has 0 unspecified atom stereocenters. The van der Waals surface area contributed by atoms with Crippen LogP contribution in [0.5, 0.6) is 23.0 Å². The Morgan fingerprint density at radius 1 is 1.03 bits per heavy atom. The average Bonchev–Trinajstić information content (AvgIpc) is 3.39. The van der Waals surface area contributed by atoms with E-state index in [4.69, 9.17) is 23.7 Å². The van der Waals surface area contributed by atoms with E-state index in [1.54, 1.807) is 44.3 Å². The van der Waals surface area contributed by atoms with Crippen LogP contribution in [0.15, 0.2) is 53.2 Å². The van der Waals surface area contributed by atoms with Crippen LogP contribution < -0.4 is 18.9 Å². The van der Waals surface area contributed by atoms with E-state index in [2.05, 4.69) is 0 Å². The van der Waals surface area contributed by atoms with Gasteiger partial charge in [0, 0.05) is 12.2 Å². The van der Waals surface area contributed by atoms with Crippen LogP contribution in [0.1, 0.15) is 18.1 Å². The molecule has 172 valence electrons. The van der Waals surface area contributed by atoms with Crippen LogP contribution in [0, 0.1) is 0 Å². The second-order valence-corrected chi connectivity index (χ2v) is 7.52. The fourth-order valence-electron chi connectivity index (χ4n) is 3.94. The Bertz CT molecular complexity index is 1170. The van der Waals surface area contributed by atoms with Crippen LogP contribution in [0.25, 0.3) is 6.08 Å². The summed E-state index contributed by atoms with van der Waals surface area (Å²) < 4.78 is 26.4. The summed E-state index contributed by atoms with van der Waals surface area (Å²) in [5.41, 5.74) is 2.79. The van der Waals surface area contributed by atoms with Crippen molar-refractivity contribution in [1.82, 2.24) is 4.90 Å². The van der Waals surface area contributed by atoms with Gasteiger partial charge >= 0.3 is 5.97 Å². The van der Waals surface area contributed by atoms with Crippen LogP contribution in [0.2, 0.25) is 0 Å². The molecule has 0 aromatic heterocycles. The number of nitrogens with zero attached hydrogens (tertiary/aromatic N) is 1. The Labute approximate surface area is 191 Å². The fraction of sp³-hybridized carbons (Fsp3) is 0.280. The number of ether oxygens (including phenoxy) is 5. The fourth-order valence-corrected chi connectivity index (χ4v) is 3.94. The zero-order valence-corrected chi connectivity index (χ0v) is 19.0. The smallest absolute Gasteiger partial charge is 0.340 e. The number of esters is 1. The van der Waals surface area contributed by atoms with Crippen molar-refractivity contribution >= 4 is 18.0 Å². The van der Waals surface area contributed by atoms with Gasteiger partial charge < -0.3 is 28.6 Å². The van der Waals surface area contributed by atoms with Crippen LogP contribution >= 0.6 is 0 Å². The number of hydrogen-bond donors (Lipinski definition) is 0. The SMILES string of the molecule is COC(=O)C1=C(C)N(CCc2ccc(OC)c(OC)c2)C(=O)C1=Cc1ccc2c(c1)OCO2. The summed E-state index contributed by atoms with van der Waals surface area (Å²) in [6, 6.07) is 11.0. The topological polar surface area (TPSA) is 83.5 Å². The van der Waals surface area contributed by atoms with Crippen LogP contribution in [-0.4, -0.2) is 51.4 Å². The summed E-state index contributed by atoms with van der Waals surface area (Å²) in [7, 11) is 4.46. The summed E-state index contributed by atoms with van der Waals surface area (Å²) in [6.07, 6.45) is 2.24. The first kappa shape index (κ1) is 22.3. The Morgan fingerprint density at radius 2 is 1.79 bits per heavy atom. The maximum Gasteiger partial charge on any atom is 0.340 e. The lowest BCUT2D eigenvalue weighted by atomic mass is 10.0. The quantitative estimate of drug-likeness (QED) is 0.472. The van der Waals surface area contributed by atoms with E-state index in [1.807, 2.05) is 24.3 Å². The third-order valence-electron chi connectivity index (χ3n) is 5.68. The van der Waals surface area contributed by atoms with Gasteiger partial charge in [-0.1, -0.05) is 12.1 Å². The van der Waals surface area contributed by atoms with E-state index >= 15 is 0 Å². The number of rotatable bonds is 7. The minimum atomic E-state index is -0.554. The molecule has 2 aliphatic heterocycles. The molecular weight excluding hydrogens is 426 g/mol. The highest BCUT2D eigenvalue weighted by Gasteiger charge is 2.36. The Morgan fingerprint density at radius 3 is 2.52 bits per heavy atom. The molecule has 2 heterocycles. The number of amides is 1. The number of hydrogen-bond acceptors (Lipinski definition) is 7. The molecule has 4 rings (SSSR count). The molecule has 0 bridgehead atoms. The standard InChI is InChI=1S/C25H25NO7/c1-15-23(25(28)31-4)18(11-17-6-8-20-22(13-17)33-14-32-20)24(27)26(15)10-9-16-5-7-19(29-2)21(12-16)30-3/h5-8,11-13H,9-10,14H2,1-4H3. The number of fused-ring (bicyclic) bond motifs is 1. The molecule has 0 fully saturated rings. The maximum atomic E-state index is 13.3. The first-order valence-corrected chi connectivity index (χ1v) is 10.4. The van der Waals surface area contributed by atoms with Gasteiger partial charge in [-0.3, -0.25) is 4.79 Å². The predicted octanol–water partition coefficient (Wildman–Crippen LogP) is 3.35. The third-order valence-corrected chi connectivity index (χ3v) is 5.68. The summed E-state index contributed by atoms with van der Waals surface area (Å²) in [5.74, 6) is 1.68. The van der Waals surface area contributed by atoms with Crippen LogP contribution in [-0.2, 0) is 20.7 Å². The third kappa shape index (κ3) is 4.24. The van der Waals surface area contributed by atoms with Gasteiger partial charge in [-0.15, -0.1) is 0 Å². The largest absolute Gasteiger partial charge is 0.493 e. The molecule has 0 saturated carbocycles. The average molecular weight is 451 g/mol. The van der Waals surface area contributed by atoms with Crippen LogP contribution in [0.4, 0.5) is 0 Å². The van der Waals surface area contributed by atoms with Gasteiger partial charge in [0.1, 0.15) is 0 Å². The molecule has 0 N–H and O–H groups in total. The zero-order valence-electron chi connectivity index (χ0n) is 19.0. The Kier molecular flexibility index (Phi) is 6.26. The van der Waals surface area contributed by atoms with Gasteiger partial charge in [0.15, 0.2) is 23.0 Å². The molecule has 0 radical (unpaired) electrons. The van der Waals surface area contributed by atoms with E-state index in [-0.39, 0.29) is 23.8 Å². The number of allylic oxidation sites excluding steroid dienone is 1. The molecule has 0 spiro atoms. The van der Waals surface area contributed by atoms with Gasteiger partial charge in [0.2, 0.25) is 6.79 Å². The van der Waals surface area contributed by atoms with Crippen molar-refractivity contribution in [2.45, 2.75) is 13.3 Å². The number of carbonyl (C=O) groups excluding carboxylic acids is 2. The molecular formula is C25H25NO7. The molecule has 8 heteroatoms. The molecule has 0 aliphatic carbocycles. The highest BCUT2D eigenvalue weighted by molar-refractivity contribution is 6.16. The van der Waals surface area contributed by atoms with Crippen molar-refractivity contribution in [3.8, 4) is 23.0 Å². The second-order valence-electron chi connectivity index (χ2n) is 7.52. The van der Waals surface area contributed by atoms with E-state index in [1.165, 1.54) is 7.11 Å². The van der Waals surface area contributed by atoms with E-state index in [0.29, 0.717) is 41.7 Å². The van der Waals surface area contributed by atoms with Crippen molar-refractivity contribution in [2.75, 3.05) is 34.7 Å². The highest BCUT2D eigenvalue weighted by Crippen LogP contribution is 2.36. The Balaban J connectivity index is 1.61. The van der Waals surface area contributed by atoms with Crippen molar-refractivity contribution in [1.29, 1.82) is 0 Å². The van der Waals surface area contributed by atoms with Crippen molar-refractivity contribution in [2.24, 2.45) is 0 Å². The zero-order chi connectivity index (χ0) is 23.5. The molecule has 2 aliphatic rings. The van der Waals surface area contributed by atoms with Gasteiger partial charge in [0.25, 0.3) is 5.91 Å². The number of carbonyl (C=O) groups is 2. The summed E-state index contributed by atoms with van der Waals surface area (Å²) in [4.78, 5) is 27.5. The van der Waals surface area contributed by atoms with Gasteiger partial charge in [-0.05, 0) is 54.8 Å². The lowest BCUT2D eigenvalue weighted by molar-refractivity contribution is -0.136. The van der Waals surface area contributed by atoms with Gasteiger partial charge in [-0.2, -0.15) is 0 Å². The number of methoxy groups -OCH3 is 3. The van der Waals surface area contributed by atoms with Gasteiger partial charge in [0.05, 0.1) is 32.5 Å². The summed E-state index contributed by atoms with van der Waals surface area (Å²) in [5, 5.41) is 0. The maximum absolute atomic E-state index is 13.3. The minimum Gasteiger partial charge on any atom is -0.493 e. The van der Waals surface area contributed by atoms with E-state index in [0.717, 1.165) is 11.1 Å². The molecule has 0 saturated heterocycles. The first-order valence-electron chi connectivity index (χ1n) is 10.4. The second kappa shape index (κ2) is 9.28. The van der Waals surface area contributed by atoms with Crippen molar-refractivity contribution in [3.63, 3.8) is 0 Å². The predicted molar refractivity (Wildman–Crippen MR) is 120 cm³/mol. The molecule has 0 atom stereocenters. The molecule has 2 aromatic carbocycles. The van der Waals surface area contributed by atoms with Gasteiger partial charge in [-0.25, -0.2) is 4.79 Å². The van der Waals surface area contributed by atoms with E-state index in [9.17, 15) is 9.59 Å². The summed E-state index contributed by atoms with van der Waals surface area (Å²) >= 11 is 0. The highest BCUT2D eigenvalue weighted by atomic mass is 16.7. The van der Waals surface area contributed by atoms with Crippen LogP contribution in [0.3, 0.4) is 0 Å². The van der Waals surface area contributed by atoms with Crippen molar-refractivity contribution < 1.29 is 33.3 Å². The monoisotopic (exact) mass is 451 g/mol. The lowest BCUT2D eigenvalue weighted by Crippen LogP contribution is -2.27. The molecule has 33 heavy (non-hydrogen) atoms. The molecule has 1 amide bonds. The minimum absolute atomic E-state index is 0.157. The van der Waals surface area contributed by atoms with E-state index < -0.39 is 5.97 Å². The first-order chi connectivity index (χ1) is 16.0. The molecule has 2 aromatic rings.